The average Bonchev–Trinajstić information content (AvgIpc) is 2.75. The van der Waals surface area contributed by atoms with Crippen molar-refractivity contribution in [2.24, 2.45) is 0 Å². The number of sulfonamides is 1. The first-order valence-electron chi connectivity index (χ1n) is 7.87. The first-order chi connectivity index (χ1) is 15.1. The molecule has 34 heavy (non-hydrogen) atoms. The highest BCUT2D eigenvalue weighted by Crippen LogP contribution is 2.49. The SMILES string of the molecule is COC(=O)c1cc(C(=O)OC)cc(C(=O)[NH+]([O-])S(=O)(=O)C(F)(F)C(F)(F)C(F)(F)S(=O)(=O)O)c1. The van der Waals surface area contributed by atoms with Gasteiger partial charge in [0.25, 0.3) is 0 Å². The maximum Gasteiger partial charge on any atom is 0.465 e. The summed E-state index contributed by atoms with van der Waals surface area (Å²) in [7, 11) is -13.4. The number of halogens is 6. The second-order valence-electron chi connectivity index (χ2n) is 5.99. The van der Waals surface area contributed by atoms with Crippen molar-refractivity contribution >= 4 is 38.0 Å². The van der Waals surface area contributed by atoms with Crippen molar-refractivity contribution in [1.82, 2.24) is 0 Å². The van der Waals surface area contributed by atoms with Crippen LogP contribution in [0.1, 0.15) is 31.1 Å². The number of quaternary nitrogens is 1. The summed E-state index contributed by atoms with van der Waals surface area (Å²) in [6, 6.07) is 1.27. The molecular weight excluding hydrogens is 536 g/mol. The second kappa shape index (κ2) is 9.09. The highest BCUT2D eigenvalue weighted by atomic mass is 32.2. The molecule has 1 aromatic rings. The number of rotatable bonds is 8. The van der Waals surface area contributed by atoms with Crippen molar-refractivity contribution in [2.45, 2.75) is 16.4 Å². The summed E-state index contributed by atoms with van der Waals surface area (Å²) < 4.78 is 139. The number of carbonyl (C=O) groups is 3. The van der Waals surface area contributed by atoms with Crippen LogP contribution in [0.4, 0.5) is 26.3 Å². The number of esters is 2. The van der Waals surface area contributed by atoms with Gasteiger partial charge in [0, 0.05) is 0 Å². The van der Waals surface area contributed by atoms with Crippen LogP contribution in [0.3, 0.4) is 0 Å². The lowest BCUT2D eigenvalue weighted by Gasteiger charge is -2.32. The Kier molecular flexibility index (Phi) is 7.81. The molecule has 0 bridgehead atoms. The molecule has 0 fully saturated rings. The van der Waals surface area contributed by atoms with E-state index in [1.54, 1.807) is 0 Å². The predicted molar refractivity (Wildman–Crippen MR) is 93.1 cm³/mol. The van der Waals surface area contributed by atoms with Crippen molar-refractivity contribution in [3.8, 4) is 0 Å². The predicted octanol–water partition coefficient (Wildman–Crippen LogP) is -0.179. The van der Waals surface area contributed by atoms with Gasteiger partial charge in [-0.05, 0) is 18.2 Å². The first kappa shape index (κ1) is 29.2. The molecule has 0 radical (unpaired) electrons. The number of hydrogen-bond donors (Lipinski definition) is 2. The van der Waals surface area contributed by atoms with Gasteiger partial charge in [-0.2, -0.15) is 47.6 Å². The Labute approximate surface area is 185 Å². The zero-order chi connectivity index (χ0) is 27.1. The Morgan fingerprint density at radius 2 is 1.18 bits per heavy atom. The van der Waals surface area contributed by atoms with E-state index in [0.717, 1.165) is 14.2 Å². The van der Waals surface area contributed by atoms with Crippen LogP contribution in [-0.2, 0) is 29.6 Å². The fourth-order valence-corrected chi connectivity index (χ4v) is 3.66. The van der Waals surface area contributed by atoms with Gasteiger partial charge in [-0.3, -0.25) is 4.55 Å². The third kappa shape index (κ3) is 4.58. The Morgan fingerprint density at radius 3 is 1.50 bits per heavy atom. The van der Waals surface area contributed by atoms with Crippen LogP contribution >= 0.6 is 0 Å². The molecule has 192 valence electrons. The molecule has 1 rings (SSSR count). The Hall–Kier alpha value is -2.81. The van der Waals surface area contributed by atoms with Gasteiger partial charge in [0.1, 0.15) is 0 Å². The zero-order valence-electron chi connectivity index (χ0n) is 16.3. The van der Waals surface area contributed by atoms with Crippen LogP contribution in [0.5, 0.6) is 0 Å². The van der Waals surface area contributed by atoms with E-state index >= 15 is 0 Å². The molecule has 1 atom stereocenters. The van der Waals surface area contributed by atoms with Gasteiger partial charge in [-0.1, -0.05) is 0 Å². The fraction of sp³-hybridized carbons (Fsp3) is 0.357. The topological polar surface area (TPSA) is 186 Å². The number of hydrogen-bond acceptors (Lipinski definition) is 10. The molecule has 1 aromatic carbocycles. The molecule has 0 heterocycles. The largest absolute Gasteiger partial charge is 0.610 e. The normalized spacial score (nSPS) is 14.3. The number of methoxy groups -OCH3 is 2. The number of carbonyl (C=O) groups excluding carboxylic acids is 3. The van der Waals surface area contributed by atoms with Gasteiger partial charge in [-0.25, -0.2) is 14.4 Å². The third-order valence-electron chi connectivity index (χ3n) is 3.86. The van der Waals surface area contributed by atoms with Crippen LogP contribution in [0.2, 0.25) is 0 Å². The van der Waals surface area contributed by atoms with E-state index in [0.29, 0.717) is 18.2 Å². The van der Waals surface area contributed by atoms with Gasteiger partial charge in [-0.15, -0.1) is 0 Å². The lowest BCUT2D eigenvalue weighted by atomic mass is 10.1. The highest BCUT2D eigenvalue weighted by Gasteiger charge is 2.84. The van der Waals surface area contributed by atoms with E-state index in [-0.39, 0.29) is 0 Å². The summed E-state index contributed by atoms with van der Waals surface area (Å²) in [6.07, 6.45) is 0. The standard InChI is InChI=1S/C14H11F6NO11S2/c1-31-10(23)7-3-6(4-8(5-7)11(24)32-2)9(22)21(25)33(26,27)13(17,18)12(15,16)14(19,20)34(28,29)30/h3-5,21H,1-2H3,(H,28,29,30). The molecule has 0 saturated carbocycles. The highest BCUT2D eigenvalue weighted by molar-refractivity contribution is 7.88. The maximum absolute atomic E-state index is 13.9. The van der Waals surface area contributed by atoms with Crippen molar-refractivity contribution in [1.29, 1.82) is 0 Å². The molecular formula is C14H11F6NO11S2. The molecule has 1 amide bonds. The molecule has 12 nitrogen and oxygen atoms in total. The third-order valence-corrected chi connectivity index (χ3v) is 6.37. The van der Waals surface area contributed by atoms with E-state index in [1.165, 1.54) is 0 Å². The number of hydroxylamine groups is 1. The minimum Gasteiger partial charge on any atom is -0.610 e. The summed E-state index contributed by atoms with van der Waals surface area (Å²) in [6.45, 7) is 0. The van der Waals surface area contributed by atoms with Crippen LogP contribution in [0, 0.1) is 5.21 Å². The smallest absolute Gasteiger partial charge is 0.465 e. The van der Waals surface area contributed by atoms with Gasteiger partial charge in [0.2, 0.25) is 0 Å². The van der Waals surface area contributed by atoms with E-state index in [2.05, 4.69) is 9.47 Å². The van der Waals surface area contributed by atoms with Crippen molar-refractivity contribution in [3.63, 3.8) is 0 Å². The Bertz CT molecular complexity index is 1200. The Morgan fingerprint density at radius 1 is 0.824 bits per heavy atom. The van der Waals surface area contributed by atoms with Gasteiger partial charge in [0.05, 0.1) is 30.9 Å². The lowest BCUT2D eigenvalue weighted by molar-refractivity contribution is -0.612. The van der Waals surface area contributed by atoms with Gasteiger partial charge >= 0.3 is 54.4 Å². The minimum absolute atomic E-state index is 0.303. The van der Waals surface area contributed by atoms with E-state index < -0.39 is 75.6 Å². The minimum atomic E-state index is -7.62. The van der Waals surface area contributed by atoms with E-state index in [1.807, 2.05) is 0 Å². The monoisotopic (exact) mass is 547 g/mol. The average molecular weight is 547 g/mol. The molecule has 0 spiro atoms. The number of nitrogens with one attached hydrogen (secondary N) is 1. The summed E-state index contributed by atoms with van der Waals surface area (Å²) >= 11 is 0. The van der Waals surface area contributed by atoms with Crippen molar-refractivity contribution in [2.75, 3.05) is 14.2 Å². The maximum atomic E-state index is 13.9. The summed E-state index contributed by atoms with van der Waals surface area (Å²) in [4.78, 5) is 35.5. The van der Waals surface area contributed by atoms with Crippen molar-refractivity contribution in [3.05, 3.63) is 40.1 Å². The van der Waals surface area contributed by atoms with E-state index in [4.69, 9.17) is 4.55 Å². The molecule has 0 aliphatic heterocycles. The van der Waals surface area contributed by atoms with Gasteiger partial charge in [0.15, 0.2) is 0 Å². The lowest BCUT2D eigenvalue weighted by Crippen LogP contribution is -3.14. The molecule has 0 saturated heterocycles. The van der Waals surface area contributed by atoms with Crippen LogP contribution in [0.15, 0.2) is 18.2 Å². The fourth-order valence-electron chi connectivity index (χ4n) is 2.09. The zero-order valence-corrected chi connectivity index (χ0v) is 18.0. The van der Waals surface area contributed by atoms with E-state index in [9.17, 15) is 62.8 Å². The molecule has 2 N–H and O–H groups in total. The number of alkyl halides is 6. The summed E-state index contributed by atoms with van der Waals surface area (Å²) in [5.41, 5.74) is -2.90. The molecule has 0 aromatic heterocycles. The van der Waals surface area contributed by atoms with Crippen LogP contribution < -0.4 is 4.47 Å². The molecule has 0 aliphatic carbocycles. The number of benzene rings is 1. The van der Waals surface area contributed by atoms with Crippen LogP contribution in [-0.4, -0.2) is 69.9 Å². The Balaban J connectivity index is 3.68. The second-order valence-corrected chi connectivity index (χ2v) is 9.34. The number of ether oxygens (including phenoxy) is 2. The molecule has 1 unspecified atom stereocenters. The van der Waals surface area contributed by atoms with Crippen LogP contribution in [0.25, 0.3) is 0 Å². The van der Waals surface area contributed by atoms with Gasteiger partial charge < -0.3 is 14.7 Å². The quantitative estimate of drug-likeness (QED) is 0.190. The molecule has 0 aliphatic rings. The summed E-state index contributed by atoms with van der Waals surface area (Å²) in [5, 5.41) is -2.51. The first-order valence-corrected chi connectivity index (χ1v) is 10.8. The number of amides is 1. The molecule has 20 heteroatoms. The van der Waals surface area contributed by atoms with Crippen molar-refractivity contribution < 1.29 is 76.1 Å². The summed E-state index contributed by atoms with van der Waals surface area (Å²) in [5.74, 6) is -12.8.